The quantitative estimate of drug-likeness (QED) is 0.551. The van der Waals surface area contributed by atoms with Crippen molar-refractivity contribution in [3.05, 3.63) is 102 Å². The first-order valence-electron chi connectivity index (χ1n) is 8.73. The Labute approximate surface area is 157 Å². The minimum Gasteiger partial charge on any atom is -0.457 e. The summed E-state index contributed by atoms with van der Waals surface area (Å²) in [5, 5.41) is 3.86. The van der Waals surface area contributed by atoms with Gasteiger partial charge in [-0.15, -0.1) is 0 Å². The predicted molar refractivity (Wildman–Crippen MR) is 106 cm³/mol. The fourth-order valence-electron chi connectivity index (χ4n) is 2.87. The van der Waals surface area contributed by atoms with Crippen molar-refractivity contribution in [2.24, 2.45) is 0 Å². The van der Waals surface area contributed by atoms with Crippen LogP contribution in [0.25, 0.3) is 10.9 Å². The fraction of sp³-hybridized carbons (Fsp3) is 0.0435. The molecule has 0 unspecified atom stereocenters. The van der Waals surface area contributed by atoms with E-state index in [-0.39, 0.29) is 5.91 Å². The number of carbonyl (C=O) groups is 1. The Morgan fingerprint density at radius 3 is 2.59 bits per heavy atom. The Hall–Kier alpha value is -3.66. The average Bonchev–Trinajstić information content (AvgIpc) is 2.73. The van der Waals surface area contributed by atoms with Gasteiger partial charge in [0.2, 0.25) is 0 Å². The molecule has 0 spiro atoms. The molecule has 0 aliphatic rings. The van der Waals surface area contributed by atoms with Crippen LogP contribution < -0.4 is 10.1 Å². The lowest BCUT2D eigenvalue weighted by atomic mass is 10.1. The minimum absolute atomic E-state index is 0.135. The van der Waals surface area contributed by atoms with Crippen molar-refractivity contribution in [3.63, 3.8) is 0 Å². The summed E-state index contributed by atoms with van der Waals surface area (Å²) in [4.78, 5) is 16.8. The number of aromatic nitrogens is 1. The maximum Gasteiger partial charge on any atom is 0.251 e. The summed E-state index contributed by atoms with van der Waals surface area (Å²) in [6.07, 6.45) is 1.72. The molecule has 0 aliphatic heterocycles. The monoisotopic (exact) mass is 354 g/mol. The number of carbonyl (C=O) groups excluding carboxylic acids is 1. The highest BCUT2D eigenvalue weighted by Gasteiger charge is 2.09. The topological polar surface area (TPSA) is 51.2 Å². The lowest BCUT2D eigenvalue weighted by Gasteiger charge is -2.10. The highest BCUT2D eigenvalue weighted by Crippen LogP contribution is 2.28. The molecule has 4 rings (SSSR count). The van der Waals surface area contributed by atoms with E-state index in [9.17, 15) is 4.79 Å². The summed E-state index contributed by atoms with van der Waals surface area (Å²) in [7, 11) is 0. The van der Waals surface area contributed by atoms with E-state index < -0.39 is 0 Å². The second-order valence-corrected chi connectivity index (χ2v) is 6.12. The zero-order valence-corrected chi connectivity index (χ0v) is 14.6. The molecule has 0 aliphatic carbocycles. The molecule has 27 heavy (non-hydrogen) atoms. The lowest BCUT2D eigenvalue weighted by molar-refractivity contribution is 0.0950. The summed E-state index contributed by atoms with van der Waals surface area (Å²) in [6.45, 7) is 0.486. The summed E-state index contributed by atoms with van der Waals surface area (Å²) in [5.74, 6) is 1.19. The molecule has 132 valence electrons. The summed E-state index contributed by atoms with van der Waals surface area (Å²) < 4.78 is 6.03. The van der Waals surface area contributed by atoms with Gasteiger partial charge in [0.1, 0.15) is 11.5 Å². The van der Waals surface area contributed by atoms with Crippen LogP contribution in [0.3, 0.4) is 0 Å². The third-order valence-corrected chi connectivity index (χ3v) is 4.23. The molecule has 1 heterocycles. The first-order chi connectivity index (χ1) is 13.3. The van der Waals surface area contributed by atoms with E-state index in [0.717, 1.165) is 16.5 Å². The normalized spacial score (nSPS) is 10.5. The number of nitrogens with zero attached hydrogens (tertiary/aromatic N) is 1. The fourth-order valence-corrected chi connectivity index (χ4v) is 2.87. The Bertz CT molecular complexity index is 1070. The number of benzene rings is 3. The number of amides is 1. The third kappa shape index (κ3) is 3.96. The van der Waals surface area contributed by atoms with Crippen LogP contribution in [-0.4, -0.2) is 10.9 Å². The van der Waals surface area contributed by atoms with Gasteiger partial charge < -0.3 is 10.1 Å². The third-order valence-electron chi connectivity index (χ3n) is 4.23. The predicted octanol–water partition coefficient (Wildman–Crippen LogP) is 4.96. The second-order valence-electron chi connectivity index (χ2n) is 6.12. The van der Waals surface area contributed by atoms with Crippen molar-refractivity contribution >= 4 is 16.8 Å². The van der Waals surface area contributed by atoms with Crippen molar-refractivity contribution in [2.45, 2.75) is 6.54 Å². The van der Waals surface area contributed by atoms with Gasteiger partial charge in [0, 0.05) is 23.7 Å². The van der Waals surface area contributed by atoms with Crippen LogP contribution in [0.5, 0.6) is 11.5 Å². The van der Waals surface area contributed by atoms with Crippen molar-refractivity contribution < 1.29 is 9.53 Å². The Kier molecular flexibility index (Phi) is 4.79. The number of pyridine rings is 1. The SMILES string of the molecule is O=C(NCc1ccccc1)c1cccc(Oc2ccnc3ccccc23)c1. The Morgan fingerprint density at radius 2 is 1.70 bits per heavy atom. The molecule has 4 aromatic rings. The van der Waals surface area contributed by atoms with Crippen LogP contribution >= 0.6 is 0 Å². The van der Waals surface area contributed by atoms with Crippen LogP contribution in [0, 0.1) is 0 Å². The molecule has 1 amide bonds. The Balaban J connectivity index is 1.51. The first-order valence-corrected chi connectivity index (χ1v) is 8.73. The van der Waals surface area contributed by atoms with Gasteiger partial charge in [-0.1, -0.05) is 48.5 Å². The van der Waals surface area contributed by atoms with Gasteiger partial charge >= 0.3 is 0 Å². The van der Waals surface area contributed by atoms with Gasteiger partial charge in [-0.25, -0.2) is 0 Å². The zero-order chi connectivity index (χ0) is 18.5. The van der Waals surface area contributed by atoms with Gasteiger partial charge in [-0.2, -0.15) is 0 Å². The molecule has 0 bridgehead atoms. The number of para-hydroxylation sites is 1. The standard InChI is InChI=1S/C23H18N2O2/c26-23(25-16-17-7-2-1-3-8-17)18-9-6-10-19(15-18)27-22-13-14-24-21-12-5-4-11-20(21)22/h1-15H,16H2,(H,25,26). The molecule has 1 N–H and O–H groups in total. The molecule has 0 saturated carbocycles. The minimum atomic E-state index is -0.135. The van der Waals surface area contributed by atoms with Crippen molar-refractivity contribution in [1.29, 1.82) is 0 Å². The van der Waals surface area contributed by atoms with Crippen LogP contribution in [-0.2, 0) is 6.54 Å². The van der Waals surface area contributed by atoms with Crippen LogP contribution in [0.1, 0.15) is 15.9 Å². The molecule has 0 fully saturated rings. The zero-order valence-electron chi connectivity index (χ0n) is 14.6. The van der Waals surface area contributed by atoms with E-state index in [4.69, 9.17) is 4.74 Å². The first kappa shape index (κ1) is 16.8. The highest BCUT2D eigenvalue weighted by molar-refractivity contribution is 5.94. The number of ether oxygens (including phenoxy) is 1. The molecule has 0 radical (unpaired) electrons. The molecule has 0 atom stereocenters. The van der Waals surface area contributed by atoms with Gasteiger partial charge in [-0.3, -0.25) is 9.78 Å². The lowest BCUT2D eigenvalue weighted by Crippen LogP contribution is -2.22. The van der Waals surface area contributed by atoms with Crippen molar-refractivity contribution in [3.8, 4) is 11.5 Å². The number of nitrogens with one attached hydrogen (secondary N) is 1. The molecule has 4 heteroatoms. The van der Waals surface area contributed by atoms with E-state index in [2.05, 4.69) is 10.3 Å². The number of fused-ring (bicyclic) bond motifs is 1. The van der Waals surface area contributed by atoms with Gasteiger partial charge in [-0.05, 0) is 42.0 Å². The summed E-state index contributed by atoms with van der Waals surface area (Å²) in [5.41, 5.74) is 2.48. The van der Waals surface area contributed by atoms with E-state index in [1.54, 1.807) is 18.3 Å². The van der Waals surface area contributed by atoms with Crippen molar-refractivity contribution in [2.75, 3.05) is 0 Å². The summed E-state index contributed by atoms with van der Waals surface area (Å²) >= 11 is 0. The van der Waals surface area contributed by atoms with Gasteiger partial charge in [0.25, 0.3) is 5.91 Å². The van der Waals surface area contributed by atoms with E-state index in [0.29, 0.717) is 23.6 Å². The molecule has 3 aromatic carbocycles. The molecule has 4 nitrogen and oxygen atoms in total. The maximum atomic E-state index is 12.5. The number of hydrogen-bond donors (Lipinski definition) is 1. The molecule has 0 saturated heterocycles. The molecule has 1 aromatic heterocycles. The second kappa shape index (κ2) is 7.70. The maximum absolute atomic E-state index is 12.5. The van der Waals surface area contributed by atoms with E-state index in [1.165, 1.54) is 0 Å². The molecular weight excluding hydrogens is 336 g/mol. The number of rotatable bonds is 5. The average molecular weight is 354 g/mol. The van der Waals surface area contributed by atoms with Gasteiger partial charge in [0.05, 0.1) is 5.52 Å². The molecular formula is C23H18N2O2. The van der Waals surface area contributed by atoms with Gasteiger partial charge in [0.15, 0.2) is 0 Å². The number of hydrogen-bond acceptors (Lipinski definition) is 3. The van der Waals surface area contributed by atoms with Crippen LogP contribution in [0.4, 0.5) is 0 Å². The van der Waals surface area contributed by atoms with Crippen LogP contribution in [0.15, 0.2) is 91.1 Å². The van der Waals surface area contributed by atoms with Crippen molar-refractivity contribution in [1.82, 2.24) is 10.3 Å². The van der Waals surface area contributed by atoms with Crippen LogP contribution in [0.2, 0.25) is 0 Å². The van der Waals surface area contributed by atoms with E-state index >= 15 is 0 Å². The smallest absolute Gasteiger partial charge is 0.251 e. The highest BCUT2D eigenvalue weighted by atomic mass is 16.5. The Morgan fingerprint density at radius 1 is 0.889 bits per heavy atom. The summed E-state index contributed by atoms with van der Waals surface area (Å²) in [6, 6.07) is 26.6. The largest absolute Gasteiger partial charge is 0.457 e. The van der Waals surface area contributed by atoms with E-state index in [1.807, 2.05) is 72.8 Å².